The van der Waals surface area contributed by atoms with Gasteiger partial charge in [0.05, 0.1) is 38.2 Å². The van der Waals surface area contributed by atoms with E-state index in [1.54, 1.807) is 45.7 Å². The number of aromatic nitrogens is 3. The van der Waals surface area contributed by atoms with Crippen LogP contribution in [0.4, 0.5) is 23.1 Å². The fourth-order valence-electron chi connectivity index (χ4n) is 3.25. The van der Waals surface area contributed by atoms with Gasteiger partial charge in [-0.15, -0.1) is 0 Å². The van der Waals surface area contributed by atoms with Gasteiger partial charge in [-0.1, -0.05) is 18.2 Å². The van der Waals surface area contributed by atoms with Crippen LogP contribution in [0.25, 0.3) is 10.9 Å². The maximum absolute atomic E-state index is 5.40. The molecule has 158 valence electrons. The van der Waals surface area contributed by atoms with Gasteiger partial charge in [0.25, 0.3) is 0 Å². The molecule has 0 unspecified atom stereocenters. The van der Waals surface area contributed by atoms with Crippen LogP contribution in [0.3, 0.4) is 0 Å². The highest BCUT2D eigenvalue weighted by atomic mass is 16.5. The first-order valence-corrected chi connectivity index (χ1v) is 9.64. The Labute approximate surface area is 180 Å². The Morgan fingerprint density at radius 2 is 1.55 bits per heavy atom. The van der Waals surface area contributed by atoms with E-state index in [1.165, 1.54) is 0 Å². The van der Waals surface area contributed by atoms with Crippen LogP contribution in [0.5, 0.6) is 17.2 Å². The number of pyridine rings is 1. The number of aryl methyl sites for hydroxylation is 1. The monoisotopic (exact) mass is 417 g/mol. The lowest BCUT2D eigenvalue weighted by molar-refractivity contribution is 0.324. The smallest absolute Gasteiger partial charge is 0.229 e. The molecule has 0 aliphatic rings. The van der Waals surface area contributed by atoms with E-state index in [9.17, 15) is 0 Å². The SMILES string of the molecule is COc1cc(Nc2nccc(Nc3cc4ccccc4nc3C)n2)cc(OC)c1OC. The number of hydrogen-bond acceptors (Lipinski definition) is 8. The second-order valence-corrected chi connectivity index (χ2v) is 6.74. The molecule has 0 spiro atoms. The largest absolute Gasteiger partial charge is 0.493 e. The Morgan fingerprint density at radius 1 is 0.806 bits per heavy atom. The van der Waals surface area contributed by atoms with Crippen molar-refractivity contribution < 1.29 is 14.2 Å². The Hall–Kier alpha value is -4.07. The molecule has 0 bridgehead atoms. The summed E-state index contributed by atoms with van der Waals surface area (Å²) in [5.41, 5.74) is 3.43. The number of para-hydroxylation sites is 1. The lowest BCUT2D eigenvalue weighted by atomic mass is 10.2. The molecule has 2 aromatic carbocycles. The highest BCUT2D eigenvalue weighted by Crippen LogP contribution is 2.40. The van der Waals surface area contributed by atoms with Crippen molar-refractivity contribution in [1.82, 2.24) is 15.0 Å². The Morgan fingerprint density at radius 3 is 2.26 bits per heavy atom. The molecule has 0 aliphatic heterocycles. The van der Waals surface area contributed by atoms with Gasteiger partial charge in [-0.05, 0) is 25.1 Å². The highest BCUT2D eigenvalue weighted by molar-refractivity contribution is 5.83. The van der Waals surface area contributed by atoms with E-state index in [0.717, 1.165) is 22.3 Å². The van der Waals surface area contributed by atoms with Crippen LogP contribution in [0.15, 0.2) is 54.7 Å². The molecule has 0 atom stereocenters. The van der Waals surface area contributed by atoms with Gasteiger partial charge >= 0.3 is 0 Å². The van der Waals surface area contributed by atoms with Crippen molar-refractivity contribution >= 4 is 34.0 Å². The summed E-state index contributed by atoms with van der Waals surface area (Å²) >= 11 is 0. The molecule has 8 nitrogen and oxygen atoms in total. The van der Waals surface area contributed by atoms with Crippen molar-refractivity contribution in [3.05, 3.63) is 60.4 Å². The number of rotatable bonds is 7. The number of nitrogens with one attached hydrogen (secondary N) is 2. The molecular weight excluding hydrogens is 394 g/mol. The molecule has 2 aromatic heterocycles. The number of anilines is 4. The zero-order valence-corrected chi connectivity index (χ0v) is 17.8. The third kappa shape index (κ3) is 4.28. The Balaban J connectivity index is 1.60. The molecule has 31 heavy (non-hydrogen) atoms. The van der Waals surface area contributed by atoms with Crippen molar-refractivity contribution in [3.8, 4) is 17.2 Å². The van der Waals surface area contributed by atoms with E-state index in [1.807, 2.05) is 31.2 Å². The molecule has 2 heterocycles. The van der Waals surface area contributed by atoms with E-state index < -0.39 is 0 Å². The maximum atomic E-state index is 5.40. The summed E-state index contributed by atoms with van der Waals surface area (Å²) in [5, 5.41) is 7.57. The molecule has 4 rings (SSSR count). The minimum absolute atomic E-state index is 0.422. The lowest BCUT2D eigenvalue weighted by Crippen LogP contribution is -2.03. The van der Waals surface area contributed by atoms with Crippen LogP contribution in [-0.4, -0.2) is 36.3 Å². The molecule has 2 N–H and O–H groups in total. The molecule has 0 saturated carbocycles. The molecule has 4 aromatic rings. The first-order chi connectivity index (χ1) is 15.1. The van der Waals surface area contributed by atoms with Gasteiger partial charge in [0, 0.05) is 29.4 Å². The minimum Gasteiger partial charge on any atom is -0.493 e. The van der Waals surface area contributed by atoms with E-state index in [0.29, 0.717) is 34.7 Å². The van der Waals surface area contributed by atoms with Crippen LogP contribution in [0, 0.1) is 6.92 Å². The zero-order valence-electron chi connectivity index (χ0n) is 17.8. The minimum atomic E-state index is 0.422. The van der Waals surface area contributed by atoms with Crippen LogP contribution < -0.4 is 24.8 Å². The molecule has 8 heteroatoms. The van der Waals surface area contributed by atoms with Crippen molar-refractivity contribution in [1.29, 1.82) is 0 Å². The predicted octanol–water partition coefficient (Wildman–Crippen LogP) is 4.85. The van der Waals surface area contributed by atoms with Gasteiger partial charge in [-0.3, -0.25) is 4.98 Å². The first kappa shape index (κ1) is 20.2. The Kier molecular flexibility index (Phi) is 5.70. The summed E-state index contributed by atoms with van der Waals surface area (Å²) in [7, 11) is 4.71. The molecule has 0 aliphatic carbocycles. The molecular formula is C23H23N5O3. The topological polar surface area (TPSA) is 90.4 Å². The molecule has 0 fully saturated rings. The third-order valence-corrected chi connectivity index (χ3v) is 4.75. The molecule has 0 saturated heterocycles. The van der Waals surface area contributed by atoms with Crippen LogP contribution >= 0.6 is 0 Å². The fourth-order valence-corrected chi connectivity index (χ4v) is 3.25. The highest BCUT2D eigenvalue weighted by Gasteiger charge is 2.14. The number of methoxy groups -OCH3 is 3. The zero-order chi connectivity index (χ0) is 21.8. The summed E-state index contributed by atoms with van der Waals surface area (Å²) in [4.78, 5) is 13.5. The number of benzene rings is 2. The fraction of sp³-hybridized carbons (Fsp3) is 0.174. The number of fused-ring (bicyclic) bond motifs is 1. The van der Waals surface area contributed by atoms with Gasteiger partial charge in [0.2, 0.25) is 11.7 Å². The van der Waals surface area contributed by atoms with E-state index in [-0.39, 0.29) is 0 Å². The van der Waals surface area contributed by atoms with Crippen LogP contribution in [0.2, 0.25) is 0 Å². The van der Waals surface area contributed by atoms with E-state index in [2.05, 4.69) is 31.7 Å². The van der Waals surface area contributed by atoms with Crippen molar-refractivity contribution in [2.75, 3.05) is 32.0 Å². The van der Waals surface area contributed by atoms with Gasteiger partial charge in [0.1, 0.15) is 5.82 Å². The second-order valence-electron chi connectivity index (χ2n) is 6.74. The normalized spacial score (nSPS) is 10.6. The number of ether oxygens (including phenoxy) is 3. The van der Waals surface area contributed by atoms with Crippen molar-refractivity contribution in [3.63, 3.8) is 0 Å². The van der Waals surface area contributed by atoms with Crippen molar-refractivity contribution in [2.45, 2.75) is 6.92 Å². The first-order valence-electron chi connectivity index (χ1n) is 9.64. The van der Waals surface area contributed by atoms with Gasteiger partial charge < -0.3 is 24.8 Å². The summed E-state index contributed by atoms with van der Waals surface area (Å²) in [6.07, 6.45) is 1.68. The van der Waals surface area contributed by atoms with E-state index in [4.69, 9.17) is 14.2 Å². The number of hydrogen-bond donors (Lipinski definition) is 2. The van der Waals surface area contributed by atoms with E-state index >= 15 is 0 Å². The second kappa shape index (κ2) is 8.74. The van der Waals surface area contributed by atoms with Gasteiger partial charge in [0.15, 0.2) is 11.5 Å². The Bertz CT molecular complexity index is 1200. The molecule has 0 amide bonds. The summed E-state index contributed by atoms with van der Waals surface area (Å²) in [6.45, 7) is 1.96. The standard InChI is InChI=1S/C23H23N5O3/c1-14-18(11-15-7-5-6-8-17(15)25-14)27-21-9-10-24-23(28-21)26-16-12-19(29-2)22(31-4)20(13-16)30-3/h5-13H,1-4H3,(H2,24,26,27,28). The average molecular weight is 417 g/mol. The third-order valence-electron chi connectivity index (χ3n) is 4.75. The summed E-state index contributed by atoms with van der Waals surface area (Å²) in [5.74, 6) is 2.66. The van der Waals surface area contributed by atoms with Crippen LogP contribution in [0.1, 0.15) is 5.69 Å². The quantitative estimate of drug-likeness (QED) is 0.441. The maximum Gasteiger partial charge on any atom is 0.229 e. The average Bonchev–Trinajstić information content (AvgIpc) is 2.79. The van der Waals surface area contributed by atoms with Crippen LogP contribution in [-0.2, 0) is 0 Å². The van der Waals surface area contributed by atoms with Crippen molar-refractivity contribution in [2.24, 2.45) is 0 Å². The lowest BCUT2D eigenvalue weighted by Gasteiger charge is -2.15. The predicted molar refractivity (Wildman–Crippen MR) is 121 cm³/mol. The van der Waals surface area contributed by atoms with Gasteiger partial charge in [-0.25, -0.2) is 4.98 Å². The summed E-state index contributed by atoms with van der Waals surface area (Å²) < 4.78 is 16.2. The molecule has 0 radical (unpaired) electrons. The number of nitrogens with zero attached hydrogens (tertiary/aromatic N) is 3. The summed E-state index contributed by atoms with van der Waals surface area (Å²) in [6, 6.07) is 15.5. The van der Waals surface area contributed by atoms with Gasteiger partial charge in [-0.2, -0.15) is 4.98 Å².